The Labute approximate surface area is 330 Å². The maximum atomic E-state index is 13.2. The summed E-state index contributed by atoms with van der Waals surface area (Å²) in [6, 6.07) is 17.6. The van der Waals surface area contributed by atoms with E-state index in [1.54, 1.807) is 6.92 Å². The standard InChI is InChI=1S/C42H52F3N3O9/c1-4-53-38(50)36(20-27(2)3)48-37(49)18-17-32-22-34(55-40(52)47-25-30-13-8-12-29-11-5-6-16-35(29)30)23-41(56-32)19-9-15-33(57-41)26-54-39(51)46-24-28-10-7-14-31(21-28)42(43,44)45/h5-8,10-14,16,21,27,32-34,36H,4,9,15,17-20,22-26H2,1-3H3,(H,46,51)(H,47,52)(H,48,49)/t32-,33-,34-,36+,41+/m1/s1. The van der Waals surface area contributed by atoms with Crippen molar-refractivity contribution in [2.45, 2.75) is 122 Å². The van der Waals surface area contributed by atoms with Gasteiger partial charge in [-0.2, -0.15) is 13.2 Å². The van der Waals surface area contributed by atoms with E-state index in [0.29, 0.717) is 25.7 Å². The Balaban J connectivity index is 1.21. The van der Waals surface area contributed by atoms with Crippen molar-refractivity contribution in [1.29, 1.82) is 0 Å². The smallest absolute Gasteiger partial charge is 0.416 e. The summed E-state index contributed by atoms with van der Waals surface area (Å²) in [5.41, 5.74) is 0.362. The minimum atomic E-state index is -4.51. The molecule has 2 aliphatic heterocycles. The molecule has 310 valence electrons. The van der Waals surface area contributed by atoms with Crippen LogP contribution in [0.2, 0.25) is 0 Å². The van der Waals surface area contributed by atoms with Crippen molar-refractivity contribution in [3.63, 3.8) is 0 Å². The van der Waals surface area contributed by atoms with Crippen molar-refractivity contribution in [2.24, 2.45) is 5.92 Å². The minimum absolute atomic E-state index is 0.0212. The van der Waals surface area contributed by atoms with Crippen LogP contribution >= 0.6 is 0 Å². The summed E-state index contributed by atoms with van der Waals surface area (Å²) in [6.07, 6.45) is -5.02. The summed E-state index contributed by atoms with van der Waals surface area (Å²) in [6.45, 7) is 5.69. The second kappa shape index (κ2) is 20.0. The molecule has 0 aliphatic carbocycles. The molecule has 5 rings (SSSR count). The first-order valence-electron chi connectivity index (χ1n) is 19.5. The highest BCUT2D eigenvalue weighted by molar-refractivity contribution is 5.86. The highest BCUT2D eigenvalue weighted by Crippen LogP contribution is 2.41. The van der Waals surface area contributed by atoms with E-state index >= 15 is 0 Å². The number of nitrogens with one attached hydrogen (secondary N) is 3. The molecule has 15 heteroatoms. The minimum Gasteiger partial charge on any atom is -0.464 e. The molecule has 0 unspecified atom stereocenters. The molecule has 57 heavy (non-hydrogen) atoms. The number of benzene rings is 3. The number of carbonyl (C=O) groups is 4. The van der Waals surface area contributed by atoms with Gasteiger partial charge in [0.05, 0.1) is 24.4 Å². The Morgan fingerprint density at radius 2 is 1.65 bits per heavy atom. The molecule has 2 saturated heterocycles. The van der Waals surface area contributed by atoms with Gasteiger partial charge in [-0.3, -0.25) is 4.79 Å². The van der Waals surface area contributed by atoms with Gasteiger partial charge in [0.15, 0.2) is 5.79 Å². The second-order valence-corrected chi connectivity index (χ2v) is 14.9. The first-order chi connectivity index (χ1) is 27.2. The number of rotatable bonds is 15. The molecule has 3 aromatic rings. The lowest BCUT2D eigenvalue weighted by atomic mass is 9.90. The van der Waals surface area contributed by atoms with E-state index in [-0.39, 0.29) is 69.4 Å². The molecule has 5 atom stereocenters. The number of hydrogen-bond donors (Lipinski definition) is 3. The van der Waals surface area contributed by atoms with Gasteiger partial charge in [0, 0.05) is 38.8 Å². The number of esters is 1. The molecule has 0 saturated carbocycles. The Kier molecular flexibility index (Phi) is 15.2. The molecule has 12 nitrogen and oxygen atoms in total. The second-order valence-electron chi connectivity index (χ2n) is 14.9. The molecule has 3 aromatic carbocycles. The van der Waals surface area contributed by atoms with Gasteiger partial charge in [0.25, 0.3) is 0 Å². The molecule has 2 aliphatic rings. The quantitative estimate of drug-likeness (QED) is 0.104. The zero-order valence-corrected chi connectivity index (χ0v) is 32.5. The highest BCUT2D eigenvalue weighted by Gasteiger charge is 2.47. The zero-order chi connectivity index (χ0) is 41.0. The predicted molar refractivity (Wildman–Crippen MR) is 204 cm³/mol. The number of carbonyl (C=O) groups excluding carboxylic acids is 4. The zero-order valence-electron chi connectivity index (χ0n) is 32.5. The fourth-order valence-corrected chi connectivity index (χ4v) is 7.31. The van der Waals surface area contributed by atoms with Gasteiger partial charge >= 0.3 is 24.3 Å². The van der Waals surface area contributed by atoms with Gasteiger partial charge < -0.3 is 39.6 Å². The third kappa shape index (κ3) is 13.1. The summed E-state index contributed by atoms with van der Waals surface area (Å²) in [7, 11) is 0. The molecule has 2 fully saturated rings. The predicted octanol–water partition coefficient (Wildman–Crippen LogP) is 7.70. The van der Waals surface area contributed by atoms with Gasteiger partial charge in [-0.15, -0.1) is 0 Å². The number of hydrogen-bond acceptors (Lipinski definition) is 9. The fourth-order valence-electron chi connectivity index (χ4n) is 7.31. The van der Waals surface area contributed by atoms with E-state index in [1.807, 2.05) is 56.3 Å². The lowest BCUT2D eigenvalue weighted by Crippen LogP contribution is -2.54. The Bertz CT molecular complexity index is 1840. The number of fused-ring (bicyclic) bond motifs is 1. The van der Waals surface area contributed by atoms with Crippen molar-refractivity contribution in [2.75, 3.05) is 13.2 Å². The van der Waals surface area contributed by atoms with Crippen LogP contribution in [0, 0.1) is 5.92 Å². The first-order valence-corrected chi connectivity index (χ1v) is 19.5. The normalized spacial score (nSPS) is 21.4. The summed E-state index contributed by atoms with van der Waals surface area (Å²) >= 11 is 0. The van der Waals surface area contributed by atoms with Crippen LogP contribution in [0.1, 0.15) is 88.8 Å². The Morgan fingerprint density at radius 3 is 2.42 bits per heavy atom. The molecular weight excluding hydrogens is 747 g/mol. The molecule has 3 N–H and O–H groups in total. The highest BCUT2D eigenvalue weighted by atomic mass is 19.4. The van der Waals surface area contributed by atoms with E-state index in [4.69, 9.17) is 23.7 Å². The maximum absolute atomic E-state index is 13.2. The third-order valence-corrected chi connectivity index (χ3v) is 9.89. The molecule has 0 radical (unpaired) electrons. The number of amides is 3. The fraction of sp³-hybridized carbons (Fsp3) is 0.524. The van der Waals surface area contributed by atoms with Crippen LogP contribution in [-0.4, -0.2) is 67.4 Å². The Morgan fingerprint density at radius 1 is 0.912 bits per heavy atom. The maximum Gasteiger partial charge on any atom is 0.416 e. The van der Waals surface area contributed by atoms with Crippen LogP contribution in [0.25, 0.3) is 10.8 Å². The van der Waals surface area contributed by atoms with Crippen LogP contribution in [0.15, 0.2) is 66.7 Å². The number of alkyl carbamates (subject to hydrolysis) is 2. The Hall–Kier alpha value is -4.89. The van der Waals surface area contributed by atoms with Crippen LogP contribution in [0.4, 0.5) is 22.8 Å². The SMILES string of the molecule is CCOC(=O)[C@H](CC(C)C)NC(=O)CC[C@@H]1C[C@@H](OC(=O)NCc2cccc3ccccc23)C[C@@]2(CCC[C@H](COC(=O)NCc3cccc(C(F)(F)F)c3)O2)O1. The van der Waals surface area contributed by atoms with Crippen LogP contribution < -0.4 is 16.0 Å². The molecule has 3 amide bonds. The summed E-state index contributed by atoms with van der Waals surface area (Å²) in [5, 5.41) is 10.2. The first kappa shape index (κ1) is 43.2. The van der Waals surface area contributed by atoms with Gasteiger partial charge in [0.1, 0.15) is 18.8 Å². The van der Waals surface area contributed by atoms with E-state index in [0.717, 1.165) is 28.5 Å². The van der Waals surface area contributed by atoms with Crippen LogP contribution in [0.5, 0.6) is 0 Å². The number of halogens is 3. The van der Waals surface area contributed by atoms with Gasteiger partial charge in [-0.05, 0) is 72.6 Å². The lowest BCUT2D eigenvalue weighted by molar-refractivity contribution is -0.329. The van der Waals surface area contributed by atoms with Gasteiger partial charge in [-0.1, -0.05) is 68.4 Å². The van der Waals surface area contributed by atoms with Gasteiger partial charge in [-0.25, -0.2) is 14.4 Å². The van der Waals surface area contributed by atoms with Crippen molar-refractivity contribution < 1.29 is 56.0 Å². The molecule has 1 spiro atoms. The van der Waals surface area contributed by atoms with Crippen LogP contribution in [-0.2, 0) is 52.5 Å². The molecule has 0 bridgehead atoms. The summed E-state index contributed by atoms with van der Waals surface area (Å²) < 4.78 is 68.9. The lowest BCUT2D eigenvalue weighted by Gasteiger charge is -2.47. The largest absolute Gasteiger partial charge is 0.464 e. The monoisotopic (exact) mass is 799 g/mol. The van der Waals surface area contributed by atoms with Crippen molar-refractivity contribution in [3.8, 4) is 0 Å². The molecule has 0 aromatic heterocycles. The third-order valence-electron chi connectivity index (χ3n) is 9.89. The van der Waals surface area contributed by atoms with Gasteiger partial charge in [0.2, 0.25) is 5.91 Å². The van der Waals surface area contributed by atoms with E-state index < -0.39 is 60.0 Å². The molecule has 2 heterocycles. The summed E-state index contributed by atoms with van der Waals surface area (Å²) in [5.74, 6) is -1.93. The van der Waals surface area contributed by atoms with E-state index in [2.05, 4.69) is 16.0 Å². The summed E-state index contributed by atoms with van der Waals surface area (Å²) in [4.78, 5) is 51.5. The van der Waals surface area contributed by atoms with E-state index in [1.165, 1.54) is 12.1 Å². The average molecular weight is 800 g/mol. The number of alkyl halides is 3. The van der Waals surface area contributed by atoms with Crippen molar-refractivity contribution in [3.05, 3.63) is 83.4 Å². The average Bonchev–Trinajstić information content (AvgIpc) is 3.17. The van der Waals surface area contributed by atoms with Crippen LogP contribution in [0.3, 0.4) is 0 Å². The topological polar surface area (TPSA) is 151 Å². The molecular formula is C42H52F3N3O9. The van der Waals surface area contributed by atoms with Crippen molar-refractivity contribution >= 4 is 34.8 Å². The van der Waals surface area contributed by atoms with Crippen molar-refractivity contribution in [1.82, 2.24) is 16.0 Å². The number of ether oxygens (including phenoxy) is 5. The van der Waals surface area contributed by atoms with E-state index in [9.17, 15) is 32.3 Å².